The molecule has 3 unspecified atom stereocenters. The third kappa shape index (κ3) is 2.75. The smallest absolute Gasteiger partial charge is 0.233 e. The largest absolute Gasteiger partial charge is 0.467 e. The molecule has 2 aliphatic heterocycles. The number of benzene rings is 2. The van der Waals surface area contributed by atoms with Crippen molar-refractivity contribution in [3.05, 3.63) is 59.1 Å². The quantitative estimate of drug-likeness (QED) is 0.779. The summed E-state index contributed by atoms with van der Waals surface area (Å²) in [5, 5.41) is 4.52. The Morgan fingerprint density at radius 1 is 1.22 bits per heavy atom. The van der Waals surface area contributed by atoms with Crippen LogP contribution in [0.4, 0.5) is 5.69 Å². The number of hydrogen-bond donors (Lipinski definition) is 1. The SMILES string of the molecule is CN(C)C(=O)C1C2NC(=S)N(c3ccc(Cl)cc3)C1(C)Oc1ccccc12. The van der Waals surface area contributed by atoms with Gasteiger partial charge in [0, 0.05) is 30.4 Å². The van der Waals surface area contributed by atoms with Crippen LogP contribution in [-0.4, -0.2) is 35.7 Å². The molecule has 0 spiro atoms. The average molecular weight is 402 g/mol. The molecule has 2 aromatic rings. The lowest BCUT2D eigenvalue weighted by Crippen LogP contribution is -2.72. The van der Waals surface area contributed by atoms with E-state index in [9.17, 15) is 4.79 Å². The highest BCUT2D eigenvalue weighted by molar-refractivity contribution is 7.80. The molecule has 2 aliphatic rings. The van der Waals surface area contributed by atoms with Crippen LogP contribution in [0.1, 0.15) is 18.5 Å². The lowest BCUT2D eigenvalue weighted by Gasteiger charge is -2.56. The first kappa shape index (κ1) is 18.1. The van der Waals surface area contributed by atoms with Crippen LogP contribution < -0.4 is 15.0 Å². The molecule has 4 rings (SSSR count). The van der Waals surface area contributed by atoms with E-state index in [0.29, 0.717) is 10.1 Å². The maximum atomic E-state index is 13.2. The van der Waals surface area contributed by atoms with Crippen LogP contribution in [0.5, 0.6) is 5.75 Å². The van der Waals surface area contributed by atoms with Crippen molar-refractivity contribution in [2.45, 2.75) is 18.7 Å². The van der Waals surface area contributed by atoms with Crippen molar-refractivity contribution in [1.82, 2.24) is 10.2 Å². The zero-order chi connectivity index (χ0) is 19.3. The Morgan fingerprint density at radius 3 is 2.56 bits per heavy atom. The third-order valence-corrected chi connectivity index (χ3v) is 5.75. The number of thiocarbonyl (C=S) groups is 1. The Bertz CT molecular complexity index is 918. The number of amides is 1. The molecule has 5 nitrogen and oxygen atoms in total. The minimum absolute atomic E-state index is 0.0223. The normalized spacial score (nSPS) is 25.9. The molecule has 1 amide bonds. The number of nitrogens with one attached hydrogen (secondary N) is 1. The molecular weight excluding hydrogens is 382 g/mol. The number of carbonyl (C=O) groups excluding carboxylic acids is 1. The number of halogens is 1. The van der Waals surface area contributed by atoms with Gasteiger partial charge < -0.3 is 15.0 Å². The van der Waals surface area contributed by atoms with E-state index < -0.39 is 11.6 Å². The van der Waals surface area contributed by atoms with Crippen LogP contribution in [0.15, 0.2) is 48.5 Å². The molecule has 1 N–H and O–H groups in total. The average Bonchev–Trinajstić information content (AvgIpc) is 2.62. The predicted octanol–water partition coefficient (Wildman–Crippen LogP) is 3.59. The van der Waals surface area contributed by atoms with E-state index in [0.717, 1.165) is 17.0 Å². The van der Waals surface area contributed by atoms with E-state index in [4.69, 9.17) is 28.6 Å². The van der Waals surface area contributed by atoms with Crippen LogP contribution in [0.2, 0.25) is 5.02 Å². The van der Waals surface area contributed by atoms with Crippen molar-refractivity contribution in [2.24, 2.45) is 5.92 Å². The van der Waals surface area contributed by atoms with Crippen molar-refractivity contribution in [3.63, 3.8) is 0 Å². The van der Waals surface area contributed by atoms with E-state index in [-0.39, 0.29) is 11.9 Å². The van der Waals surface area contributed by atoms with Gasteiger partial charge in [0.15, 0.2) is 10.8 Å². The topological polar surface area (TPSA) is 44.8 Å². The fourth-order valence-electron chi connectivity index (χ4n) is 3.96. The third-order valence-electron chi connectivity index (χ3n) is 5.20. The fourth-order valence-corrected chi connectivity index (χ4v) is 4.50. The maximum absolute atomic E-state index is 13.2. The lowest BCUT2D eigenvalue weighted by molar-refractivity contribution is -0.144. The van der Waals surface area contributed by atoms with Crippen molar-refractivity contribution < 1.29 is 9.53 Å². The Morgan fingerprint density at radius 2 is 1.89 bits per heavy atom. The van der Waals surface area contributed by atoms with Crippen LogP contribution in [-0.2, 0) is 4.79 Å². The number of anilines is 1. The van der Waals surface area contributed by atoms with Gasteiger partial charge in [0.2, 0.25) is 5.91 Å². The first-order valence-corrected chi connectivity index (χ1v) is 9.47. The van der Waals surface area contributed by atoms with Gasteiger partial charge in [0.05, 0.1) is 6.04 Å². The van der Waals surface area contributed by atoms with E-state index >= 15 is 0 Å². The molecule has 1 saturated heterocycles. The number of carbonyl (C=O) groups is 1. The van der Waals surface area contributed by atoms with Crippen molar-refractivity contribution in [2.75, 3.05) is 19.0 Å². The highest BCUT2D eigenvalue weighted by atomic mass is 35.5. The standard InChI is InChI=1S/C20H20ClN3O2S/c1-20-16(18(25)23(2)3)17(14-6-4-5-7-15(14)26-20)22-19(27)24(20)13-10-8-12(21)9-11-13/h4-11,16-17H,1-3H3,(H,22,27). The van der Waals surface area contributed by atoms with E-state index in [2.05, 4.69) is 5.32 Å². The first-order valence-electron chi connectivity index (χ1n) is 8.68. The van der Waals surface area contributed by atoms with Gasteiger partial charge in [-0.3, -0.25) is 9.69 Å². The second-order valence-corrected chi connectivity index (χ2v) is 7.97. The zero-order valence-corrected chi connectivity index (χ0v) is 16.8. The van der Waals surface area contributed by atoms with Gasteiger partial charge in [-0.1, -0.05) is 29.8 Å². The Kier molecular flexibility index (Phi) is 4.28. The summed E-state index contributed by atoms with van der Waals surface area (Å²) in [6.45, 7) is 1.92. The molecule has 140 valence electrons. The van der Waals surface area contributed by atoms with Crippen molar-refractivity contribution in [1.29, 1.82) is 0 Å². The van der Waals surface area contributed by atoms with Gasteiger partial charge in [0.25, 0.3) is 0 Å². The summed E-state index contributed by atoms with van der Waals surface area (Å²) in [5.41, 5.74) is 0.776. The molecular formula is C20H20ClN3O2S. The molecule has 2 heterocycles. The number of rotatable bonds is 2. The van der Waals surface area contributed by atoms with Gasteiger partial charge in [0.1, 0.15) is 11.7 Å². The number of fused-ring (bicyclic) bond motifs is 4. The predicted molar refractivity (Wildman–Crippen MR) is 110 cm³/mol. The van der Waals surface area contributed by atoms with Gasteiger partial charge in [-0.25, -0.2) is 0 Å². The van der Waals surface area contributed by atoms with Crippen LogP contribution in [0.3, 0.4) is 0 Å². The molecule has 2 bridgehead atoms. The van der Waals surface area contributed by atoms with Crippen LogP contribution in [0, 0.1) is 5.92 Å². The summed E-state index contributed by atoms with van der Waals surface area (Å²) in [6, 6.07) is 14.9. The second-order valence-electron chi connectivity index (χ2n) is 7.14. The zero-order valence-electron chi connectivity index (χ0n) is 15.3. The summed E-state index contributed by atoms with van der Waals surface area (Å²) in [5.74, 6) is 0.248. The molecule has 0 radical (unpaired) electrons. The summed E-state index contributed by atoms with van der Waals surface area (Å²) >= 11 is 11.7. The Labute approximate surface area is 168 Å². The monoisotopic (exact) mass is 401 g/mol. The van der Waals surface area contributed by atoms with Crippen molar-refractivity contribution >= 4 is 40.5 Å². The maximum Gasteiger partial charge on any atom is 0.233 e. The highest BCUT2D eigenvalue weighted by Crippen LogP contribution is 2.49. The molecule has 3 atom stereocenters. The Balaban J connectivity index is 1.90. The summed E-state index contributed by atoms with van der Waals surface area (Å²) in [7, 11) is 3.51. The molecule has 1 fully saturated rings. The van der Waals surface area contributed by atoms with Gasteiger partial charge in [-0.2, -0.15) is 0 Å². The minimum Gasteiger partial charge on any atom is -0.467 e. The van der Waals surface area contributed by atoms with Crippen LogP contribution >= 0.6 is 23.8 Å². The number of para-hydroxylation sites is 1. The van der Waals surface area contributed by atoms with Crippen molar-refractivity contribution in [3.8, 4) is 5.75 Å². The Hall–Kier alpha value is -2.31. The summed E-state index contributed by atoms with van der Waals surface area (Å²) in [6.07, 6.45) is 0. The highest BCUT2D eigenvalue weighted by Gasteiger charge is 2.59. The number of ether oxygens (including phenoxy) is 1. The molecule has 27 heavy (non-hydrogen) atoms. The summed E-state index contributed by atoms with van der Waals surface area (Å²) < 4.78 is 6.46. The summed E-state index contributed by atoms with van der Waals surface area (Å²) in [4.78, 5) is 16.7. The molecule has 0 saturated carbocycles. The van der Waals surface area contributed by atoms with Crippen LogP contribution in [0.25, 0.3) is 0 Å². The molecule has 2 aromatic carbocycles. The number of nitrogens with zero attached hydrogens (tertiary/aromatic N) is 2. The first-order chi connectivity index (χ1) is 12.8. The van der Waals surface area contributed by atoms with E-state index in [1.54, 1.807) is 31.1 Å². The van der Waals surface area contributed by atoms with E-state index in [1.165, 1.54) is 0 Å². The lowest BCUT2D eigenvalue weighted by atomic mass is 9.78. The molecule has 0 aromatic heterocycles. The molecule has 7 heteroatoms. The van der Waals surface area contributed by atoms with Gasteiger partial charge >= 0.3 is 0 Å². The minimum atomic E-state index is -0.976. The number of hydrogen-bond acceptors (Lipinski definition) is 3. The second kappa shape index (κ2) is 6.39. The van der Waals surface area contributed by atoms with E-state index in [1.807, 2.05) is 48.2 Å². The fraction of sp³-hybridized carbons (Fsp3) is 0.300. The van der Waals surface area contributed by atoms with Gasteiger partial charge in [-0.15, -0.1) is 0 Å². The molecule has 0 aliphatic carbocycles. The van der Waals surface area contributed by atoms with Gasteiger partial charge in [-0.05, 0) is 49.5 Å².